The highest BCUT2D eigenvalue weighted by atomic mass is 32.2. The molecule has 2 rings (SSSR count). The molecule has 0 saturated heterocycles. The lowest BCUT2D eigenvalue weighted by molar-refractivity contribution is -0.126. The number of rotatable bonds is 4. The van der Waals surface area contributed by atoms with Gasteiger partial charge in [0.1, 0.15) is 4.88 Å². The van der Waals surface area contributed by atoms with Crippen molar-refractivity contribution in [2.75, 3.05) is 0 Å². The van der Waals surface area contributed by atoms with Crippen LogP contribution in [0.4, 0.5) is 0 Å². The Hall–Kier alpha value is -1.59. The second-order valence-electron chi connectivity index (χ2n) is 7.41. The number of nitrogens with zero attached hydrogens (tertiary/aromatic N) is 2. The van der Waals surface area contributed by atoms with E-state index < -0.39 is 20.7 Å². The second kappa shape index (κ2) is 7.97. The molecule has 26 heavy (non-hydrogen) atoms. The number of carbonyl (C=O) groups is 2. The van der Waals surface area contributed by atoms with E-state index in [1.54, 1.807) is 27.7 Å². The Morgan fingerprint density at radius 2 is 1.73 bits per heavy atom. The SMILES string of the molecule is Cc1nnsc1C(=O)NNC(=O)[C@H]1CC[C@H](NS(=O)(=O)C(C)(C)C)CC1. The van der Waals surface area contributed by atoms with Crippen LogP contribution in [0, 0.1) is 12.8 Å². The maximum absolute atomic E-state index is 12.2. The third-order valence-corrected chi connectivity index (χ3v) is 7.47. The first-order chi connectivity index (χ1) is 12.0. The highest BCUT2D eigenvalue weighted by Crippen LogP contribution is 2.26. The molecule has 1 aliphatic rings. The van der Waals surface area contributed by atoms with Crippen LogP contribution < -0.4 is 15.6 Å². The van der Waals surface area contributed by atoms with Crippen molar-refractivity contribution in [1.29, 1.82) is 0 Å². The summed E-state index contributed by atoms with van der Waals surface area (Å²) in [5.41, 5.74) is 5.31. The van der Waals surface area contributed by atoms with Crippen LogP contribution in [-0.4, -0.2) is 40.6 Å². The normalized spacial score (nSPS) is 21.2. The zero-order valence-corrected chi connectivity index (χ0v) is 17.0. The lowest BCUT2D eigenvalue weighted by Gasteiger charge is -2.30. The molecule has 1 heterocycles. The van der Waals surface area contributed by atoms with Crippen LogP contribution in [0.3, 0.4) is 0 Å². The van der Waals surface area contributed by atoms with Gasteiger partial charge in [-0.2, -0.15) is 0 Å². The molecule has 3 N–H and O–H groups in total. The Bertz CT molecular complexity index is 761. The molecule has 1 saturated carbocycles. The summed E-state index contributed by atoms with van der Waals surface area (Å²) in [6.07, 6.45) is 2.28. The van der Waals surface area contributed by atoms with Crippen LogP contribution in [0.2, 0.25) is 0 Å². The summed E-state index contributed by atoms with van der Waals surface area (Å²) in [5.74, 6) is -0.977. The van der Waals surface area contributed by atoms with Crippen molar-refractivity contribution < 1.29 is 18.0 Å². The van der Waals surface area contributed by atoms with Gasteiger partial charge in [-0.15, -0.1) is 5.10 Å². The molecular formula is C15H25N5O4S2. The highest BCUT2D eigenvalue weighted by Gasteiger charge is 2.34. The predicted molar refractivity (Wildman–Crippen MR) is 97.8 cm³/mol. The van der Waals surface area contributed by atoms with Crippen molar-refractivity contribution in [3.8, 4) is 0 Å². The van der Waals surface area contributed by atoms with Gasteiger partial charge in [0.25, 0.3) is 5.91 Å². The summed E-state index contributed by atoms with van der Waals surface area (Å²) in [6, 6.07) is -0.163. The van der Waals surface area contributed by atoms with Crippen LogP contribution in [-0.2, 0) is 14.8 Å². The predicted octanol–water partition coefficient (Wildman–Crippen LogP) is 0.884. The van der Waals surface area contributed by atoms with Gasteiger partial charge in [0.05, 0.1) is 10.4 Å². The number of nitrogens with one attached hydrogen (secondary N) is 3. The summed E-state index contributed by atoms with van der Waals surface area (Å²) in [6.45, 7) is 6.62. The van der Waals surface area contributed by atoms with Gasteiger partial charge in [-0.05, 0) is 64.9 Å². The standard InChI is InChI=1S/C15H25N5O4S2/c1-9-12(25-20-16-9)14(22)18-17-13(21)10-5-7-11(8-6-10)19-26(23,24)15(2,3)4/h10-11,19H,5-8H2,1-4H3,(H,17,21)(H,18,22)/t10-,11-. The number of aromatic nitrogens is 2. The zero-order chi connectivity index (χ0) is 19.5. The van der Waals surface area contributed by atoms with Gasteiger partial charge in [0.2, 0.25) is 15.9 Å². The molecule has 146 valence electrons. The molecule has 9 nitrogen and oxygen atoms in total. The number of hydrazine groups is 1. The zero-order valence-electron chi connectivity index (χ0n) is 15.3. The molecule has 0 bridgehead atoms. The Balaban J connectivity index is 1.80. The smallest absolute Gasteiger partial charge is 0.273 e. The first kappa shape index (κ1) is 20.7. The fraction of sp³-hybridized carbons (Fsp3) is 0.733. The molecule has 0 aromatic carbocycles. The fourth-order valence-corrected chi connectivity index (χ4v) is 4.17. The number of hydrogen-bond donors (Lipinski definition) is 3. The Kier molecular flexibility index (Phi) is 6.35. The van der Waals surface area contributed by atoms with Crippen molar-refractivity contribution in [3.05, 3.63) is 10.6 Å². The van der Waals surface area contributed by atoms with Crippen molar-refractivity contribution in [3.63, 3.8) is 0 Å². The van der Waals surface area contributed by atoms with E-state index in [9.17, 15) is 18.0 Å². The molecule has 11 heteroatoms. The average molecular weight is 404 g/mol. The van der Waals surface area contributed by atoms with E-state index in [2.05, 4.69) is 25.2 Å². The van der Waals surface area contributed by atoms with Gasteiger partial charge in [-0.1, -0.05) is 4.49 Å². The number of hydrogen-bond acceptors (Lipinski definition) is 7. The maximum Gasteiger partial charge on any atom is 0.283 e. The lowest BCUT2D eigenvalue weighted by atomic mass is 9.86. The van der Waals surface area contributed by atoms with E-state index in [0.29, 0.717) is 36.3 Å². The van der Waals surface area contributed by atoms with Crippen molar-refractivity contribution in [2.45, 2.75) is 64.2 Å². The molecule has 0 radical (unpaired) electrons. The Morgan fingerprint density at radius 1 is 1.12 bits per heavy atom. The quantitative estimate of drug-likeness (QED) is 0.640. The molecule has 1 fully saturated rings. The van der Waals surface area contributed by atoms with Crippen molar-refractivity contribution in [1.82, 2.24) is 25.2 Å². The molecule has 1 aromatic rings. The molecule has 1 aliphatic carbocycles. The number of aryl methyl sites for hydroxylation is 1. The Morgan fingerprint density at radius 3 is 2.23 bits per heavy atom. The summed E-state index contributed by atoms with van der Waals surface area (Å²) in [7, 11) is -3.40. The summed E-state index contributed by atoms with van der Waals surface area (Å²) < 4.78 is 30.0. The van der Waals surface area contributed by atoms with Crippen LogP contribution in [0.5, 0.6) is 0 Å². The van der Waals surface area contributed by atoms with Crippen molar-refractivity contribution in [2.24, 2.45) is 5.92 Å². The molecule has 0 atom stereocenters. The van der Waals surface area contributed by atoms with Crippen LogP contribution in [0.25, 0.3) is 0 Å². The van der Waals surface area contributed by atoms with Gasteiger partial charge in [0.15, 0.2) is 0 Å². The van der Waals surface area contributed by atoms with Gasteiger partial charge in [0, 0.05) is 12.0 Å². The topological polar surface area (TPSA) is 130 Å². The molecule has 1 aromatic heterocycles. The minimum atomic E-state index is -3.40. The third-order valence-electron chi connectivity index (χ3n) is 4.38. The summed E-state index contributed by atoms with van der Waals surface area (Å²) in [5, 5.41) is 3.75. The first-order valence-corrected chi connectivity index (χ1v) is 10.7. The molecule has 0 aliphatic heterocycles. The number of amides is 2. The first-order valence-electron chi connectivity index (χ1n) is 8.42. The van der Waals surface area contributed by atoms with Gasteiger partial charge < -0.3 is 0 Å². The van der Waals surface area contributed by atoms with Crippen LogP contribution >= 0.6 is 11.5 Å². The van der Waals surface area contributed by atoms with E-state index in [-0.39, 0.29) is 17.9 Å². The van der Waals surface area contributed by atoms with E-state index >= 15 is 0 Å². The average Bonchev–Trinajstić information content (AvgIpc) is 2.97. The van der Waals surface area contributed by atoms with Crippen molar-refractivity contribution >= 4 is 33.4 Å². The largest absolute Gasteiger partial charge is 0.283 e. The minimum Gasteiger partial charge on any atom is -0.273 e. The van der Waals surface area contributed by atoms with Crippen LogP contribution in [0.1, 0.15) is 61.8 Å². The highest BCUT2D eigenvalue weighted by molar-refractivity contribution is 7.90. The molecular weight excluding hydrogens is 378 g/mol. The molecule has 2 amide bonds. The number of sulfonamides is 1. The van der Waals surface area contributed by atoms with Gasteiger partial charge >= 0.3 is 0 Å². The third kappa shape index (κ3) is 4.98. The van der Waals surface area contributed by atoms with Crippen LogP contribution in [0.15, 0.2) is 0 Å². The van der Waals surface area contributed by atoms with Gasteiger partial charge in [-0.3, -0.25) is 20.4 Å². The van der Waals surface area contributed by atoms with E-state index in [0.717, 1.165) is 11.5 Å². The number of carbonyl (C=O) groups excluding carboxylic acids is 2. The lowest BCUT2D eigenvalue weighted by Crippen LogP contribution is -2.48. The monoisotopic (exact) mass is 403 g/mol. The summed E-state index contributed by atoms with van der Waals surface area (Å²) in [4.78, 5) is 24.5. The van der Waals surface area contributed by atoms with Gasteiger partial charge in [-0.25, -0.2) is 13.1 Å². The van der Waals surface area contributed by atoms with E-state index in [1.165, 1.54) is 0 Å². The minimum absolute atomic E-state index is 0.163. The molecule has 0 spiro atoms. The van der Waals surface area contributed by atoms with E-state index in [1.807, 2.05) is 0 Å². The van der Waals surface area contributed by atoms with E-state index in [4.69, 9.17) is 0 Å². The Labute approximate surface area is 157 Å². The second-order valence-corrected chi connectivity index (χ2v) is 10.6. The summed E-state index contributed by atoms with van der Waals surface area (Å²) >= 11 is 0.963. The molecule has 0 unspecified atom stereocenters. The fourth-order valence-electron chi connectivity index (χ4n) is 2.59. The maximum atomic E-state index is 12.2.